The van der Waals surface area contributed by atoms with E-state index in [1.54, 1.807) is 0 Å². The molecule has 1 aliphatic carbocycles. The number of carbonyl (C=O) groups is 2. The summed E-state index contributed by atoms with van der Waals surface area (Å²) in [6.45, 7) is 5.33. The van der Waals surface area contributed by atoms with Gasteiger partial charge in [0.15, 0.2) is 0 Å². The van der Waals surface area contributed by atoms with Crippen molar-refractivity contribution in [3.05, 3.63) is 35.9 Å². The average molecular weight is 445 g/mol. The molecular formula is C21H34Cl2N4O2. The van der Waals surface area contributed by atoms with E-state index in [1.165, 1.54) is 12.8 Å². The summed E-state index contributed by atoms with van der Waals surface area (Å²) < 4.78 is 0. The van der Waals surface area contributed by atoms with Crippen molar-refractivity contribution in [2.45, 2.75) is 44.7 Å². The molecular weight excluding hydrogens is 411 g/mol. The molecule has 0 spiro atoms. The van der Waals surface area contributed by atoms with Gasteiger partial charge in [-0.15, -0.1) is 24.8 Å². The van der Waals surface area contributed by atoms with Crippen LogP contribution >= 0.6 is 24.8 Å². The predicted molar refractivity (Wildman–Crippen MR) is 120 cm³/mol. The summed E-state index contributed by atoms with van der Waals surface area (Å²) in [6.07, 6.45) is 4.66. The minimum atomic E-state index is -0.616. The Morgan fingerprint density at radius 3 is 2.38 bits per heavy atom. The number of rotatable bonds is 5. The van der Waals surface area contributed by atoms with E-state index in [1.807, 2.05) is 35.2 Å². The van der Waals surface area contributed by atoms with Crippen molar-refractivity contribution in [2.24, 2.45) is 11.7 Å². The van der Waals surface area contributed by atoms with Gasteiger partial charge in [-0.1, -0.05) is 50.1 Å². The molecule has 2 fully saturated rings. The summed E-state index contributed by atoms with van der Waals surface area (Å²) in [5.74, 6) is 0.767. The van der Waals surface area contributed by atoms with Crippen LogP contribution < -0.4 is 11.1 Å². The lowest BCUT2D eigenvalue weighted by molar-refractivity contribution is -0.134. The highest BCUT2D eigenvalue weighted by molar-refractivity contribution is 5.85. The lowest BCUT2D eigenvalue weighted by atomic mass is 9.87. The topological polar surface area (TPSA) is 78.7 Å². The molecule has 164 valence electrons. The van der Waals surface area contributed by atoms with Gasteiger partial charge in [-0.2, -0.15) is 0 Å². The maximum absolute atomic E-state index is 12.6. The minimum Gasteiger partial charge on any atom is -0.352 e. The number of nitrogens with one attached hydrogen (secondary N) is 1. The number of hydrogen-bond acceptors (Lipinski definition) is 4. The summed E-state index contributed by atoms with van der Waals surface area (Å²) >= 11 is 0. The molecule has 2 aliphatic rings. The summed E-state index contributed by atoms with van der Waals surface area (Å²) in [4.78, 5) is 28.9. The Morgan fingerprint density at radius 2 is 1.76 bits per heavy atom. The number of piperazine rings is 1. The van der Waals surface area contributed by atoms with Crippen molar-refractivity contribution in [3.8, 4) is 0 Å². The fourth-order valence-corrected chi connectivity index (χ4v) is 4.17. The molecule has 3 unspecified atom stereocenters. The van der Waals surface area contributed by atoms with E-state index in [2.05, 4.69) is 17.1 Å². The molecule has 1 aromatic rings. The Balaban J connectivity index is 0.00000210. The third-order valence-corrected chi connectivity index (χ3v) is 5.78. The molecule has 1 heterocycles. The van der Waals surface area contributed by atoms with E-state index < -0.39 is 6.04 Å². The second kappa shape index (κ2) is 12.4. The van der Waals surface area contributed by atoms with Crippen molar-refractivity contribution >= 4 is 36.6 Å². The van der Waals surface area contributed by atoms with Crippen LogP contribution in [-0.2, 0) is 9.59 Å². The molecule has 3 rings (SSSR count). The molecule has 6 nitrogen and oxygen atoms in total. The Hall–Kier alpha value is -1.34. The highest BCUT2D eigenvalue weighted by atomic mass is 35.5. The maximum atomic E-state index is 12.6. The fraction of sp³-hybridized carbons (Fsp3) is 0.619. The first-order valence-electron chi connectivity index (χ1n) is 10.1. The van der Waals surface area contributed by atoms with E-state index in [9.17, 15) is 9.59 Å². The van der Waals surface area contributed by atoms with Gasteiger partial charge in [0.2, 0.25) is 11.8 Å². The third kappa shape index (κ3) is 7.45. The van der Waals surface area contributed by atoms with Crippen LogP contribution in [0.1, 0.15) is 44.2 Å². The standard InChI is InChI=1S/C21H32N4O2.2ClH/c1-16-6-5-9-18(14-16)23-19(26)15-24-10-12-25(13-11-24)21(27)20(22)17-7-3-2-4-8-17;;/h2-4,7-8,16,18,20H,5-6,9-15,22H2,1H3,(H,23,26);2*1H. The molecule has 2 amide bonds. The van der Waals surface area contributed by atoms with Gasteiger partial charge < -0.3 is 16.0 Å². The fourth-order valence-electron chi connectivity index (χ4n) is 4.17. The Bertz CT molecular complexity index is 639. The van der Waals surface area contributed by atoms with Crippen molar-refractivity contribution in [3.63, 3.8) is 0 Å². The zero-order chi connectivity index (χ0) is 19.2. The molecule has 8 heteroatoms. The summed E-state index contributed by atoms with van der Waals surface area (Å²) in [5, 5.41) is 3.19. The number of halogens is 2. The van der Waals surface area contributed by atoms with Crippen LogP contribution in [0.2, 0.25) is 0 Å². The van der Waals surface area contributed by atoms with Crippen molar-refractivity contribution < 1.29 is 9.59 Å². The van der Waals surface area contributed by atoms with Gasteiger partial charge in [-0.25, -0.2) is 0 Å². The molecule has 0 aromatic heterocycles. The number of carbonyl (C=O) groups excluding carboxylic acids is 2. The highest BCUT2D eigenvalue weighted by Crippen LogP contribution is 2.23. The van der Waals surface area contributed by atoms with E-state index >= 15 is 0 Å². The predicted octanol–water partition coefficient (Wildman–Crippen LogP) is 2.37. The zero-order valence-electron chi connectivity index (χ0n) is 17.1. The van der Waals surface area contributed by atoms with E-state index in [0.29, 0.717) is 44.7 Å². The minimum absolute atomic E-state index is 0. The molecule has 1 saturated heterocycles. The summed E-state index contributed by atoms with van der Waals surface area (Å²) in [6, 6.07) is 9.18. The van der Waals surface area contributed by atoms with Crippen molar-refractivity contribution in [2.75, 3.05) is 32.7 Å². The lowest BCUT2D eigenvalue weighted by Gasteiger charge is -2.36. The second-order valence-corrected chi connectivity index (χ2v) is 8.03. The van der Waals surface area contributed by atoms with E-state index in [0.717, 1.165) is 18.4 Å². The van der Waals surface area contributed by atoms with Crippen LogP contribution in [0.25, 0.3) is 0 Å². The number of benzene rings is 1. The highest BCUT2D eigenvalue weighted by Gasteiger charge is 2.27. The number of nitrogens with two attached hydrogens (primary N) is 1. The molecule has 1 aliphatic heterocycles. The quantitative estimate of drug-likeness (QED) is 0.730. The van der Waals surface area contributed by atoms with E-state index in [4.69, 9.17) is 5.73 Å². The first kappa shape index (κ1) is 25.7. The van der Waals surface area contributed by atoms with Gasteiger partial charge in [-0.05, 0) is 24.3 Å². The Kier molecular flexibility index (Phi) is 11.0. The molecule has 29 heavy (non-hydrogen) atoms. The van der Waals surface area contributed by atoms with Crippen LogP contribution in [0.3, 0.4) is 0 Å². The van der Waals surface area contributed by atoms with Gasteiger partial charge in [0.25, 0.3) is 0 Å². The normalized spacial score (nSPS) is 23.3. The molecule has 3 atom stereocenters. The van der Waals surface area contributed by atoms with Gasteiger partial charge in [0, 0.05) is 32.2 Å². The van der Waals surface area contributed by atoms with Gasteiger partial charge in [0.05, 0.1) is 6.54 Å². The van der Waals surface area contributed by atoms with Crippen molar-refractivity contribution in [1.82, 2.24) is 15.1 Å². The number of hydrogen-bond donors (Lipinski definition) is 2. The van der Waals surface area contributed by atoms with Gasteiger partial charge >= 0.3 is 0 Å². The molecule has 1 saturated carbocycles. The van der Waals surface area contributed by atoms with E-state index in [-0.39, 0.29) is 36.6 Å². The van der Waals surface area contributed by atoms with Crippen LogP contribution in [0, 0.1) is 5.92 Å². The molecule has 3 N–H and O–H groups in total. The van der Waals surface area contributed by atoms with Crippen molar-refractivity contribution in [1.29, 1.82) is 0 Å². The summed E-state index contributed by atoms with van der Waals surface area (Å²) in [7, 11) is 0. The smallest absolute Gasteiger partial charge is 0.244 e. The van der Waals surface area contributed by atoms with Crippen LogP contribution in [-0.4, -0.2) is 60.4 Å². The number of nitrogens with zero attached hydrogens (tertiary/aromatic N) is 2. The summed E-state index contributed by atoms with van der Waals surface area (Å²) in [5.41, 5.74) is 6.97. The van der Waals surface area contributed by atoms with Crippen LogP contribution in [0.5, 0.6) is 0 Å². The monoisotopic (exact) mass is 444 g/mol. The first-order chi connectivity index (χ1) is 13.0. The number of amides is 2. The van der Waals surface area contributed by atoms with Crippen LogP contribution in [0.4, 0.5) is 0 Å². The van der Waals surface area contributed by atoms with Gasteiger partial charge in [-0.3, -0.25) is 14.5 Å². The molecule has 0 radical (unpaired) electrons. The average Bonchev–Trinajstić information content (AvgIpc) is 2.68. The van der Waals surface area contributed by atoms with Gasteiger partial charge in [0.1, 0.15) is 6.04 Å². The Morgan fingerprint density at radius 1 is 1.10 bits per heavy atom. The van der Waals surface area contributed by atoms with Crippen LogP contribution in [0.15, 0.2) is 30.3 Å². The third-order valence-electron chi connectivity index (χ3n) is 5.78. The largest absolute Gasteiger partial charge is 0.352 e. The Labute approximate surface area is 186 Å². The molecule has 0 bridgehead atoms. The maximum Gasteiger partial charge on any atom is 0.244 e. The first-order valence-corrected chi connectivity index (χ1v) is 10.1. The molecule has 1 aromatic carbocycles. The lowest BCUT2D eigenvalue weighted by Crippen LogP contribution is -2.53. The zero-order valence-corrected chi connectivity index (χ0v) is 18.7. The SMILES string of the molecule is CC1CCCC(NC(=O)CN2CCN(C(=O)C(N)c3ccccc3)CC2)C1.Cl.Cl. The second-order valence-electron chi connectivity index (χ2n) is 8.03.